The van der Waals surface area contributed by atoms with E-state index in [1.807, 2.05) is 0 Å². The van der Waals surface area contributed by atoms with E-state index < -0.39 is 0 Å². The van der Waals surface area contributed by atoms with Crippen LogP contribution in [-0.2, 0) is 0 Å². The number of hydroxylamine groups is 2. The van der Waals surface area contributed by atoms with Crippen LogP contribution in [0, 0.1) is 10.4 Å². The van der Waals surface area contributed by atoms with E-state index in [0.717, 1.165) is 0 Å². The number of hydrogen-bond acceptors (Lipinski definition) is 4. The average Bonchev–Trinajstić information content (AvgIpc) is 1.84. The van der Waals surface area contributed by atoms with Crippen molar-refractivity contribution in [2.75, 3.05) is 0 Å². The van der Waals surface area contributed by atoms with Crippen LogP contribution in [0.4, 0.5) is 0 Å². The molecule has 0 aliphatic heterocycles. The van der Waals surface area contributed by atoms with Crippen LogP contribution < -0.4 is 11.0 Å². The summed E-state index contributed by atoms with van der Waals surface area (Å²) < 4.78 is 0. The fraction of sp³-hybridized carbons (Fsp3) is 1.00. The summed E-state index contributed by atoms with van der Waals surface area (Å²) in [4.78, 5) is 0. The van der Waals surface area contributed by atoms with Gasteiger partial charge < -0.3 is 21.4 Å². The molecule has 2 N–H and O–H groups in total. The zero-order chi connectivity index (χ0) is 6.57. The van der Waals surface area contributed by atoms with Crippen molar-refractivity contribution in [2.45, 2.75) is 25.9 Å². The topological polar surface area (TPSA) is 70.2 Å². The van der Waals surface area contributed by atoms with E-state index in [1.54, 1.807) is 24.8 Å². The maximum atomic E-state index is 9.80. The maximum absolute atomic E-state index is 9.80. The summed E-state index contributed by atoms with van der Waals surface area (Å²) >= 11 is 0. The maximum Gasteiger partial charge on any atom is 0.00653 e. The number of nitrogens with one attached hydrogen (secondary N) is 2. The minimum atomic E-state index is -0.313. The van der Waals surface area contributed by atoms with Gasteiger partial charge in [0.1, 0.15) is 0 Å². The molecule has 4 heteroatoms. The Balaban J connectivity index is 3.29. The molecule has 0 heterocycles. The van der Waals surface area contributed by atoms with Crippen LogP contribution in [-0.4, -0.2) is 12.1 Å². The molecule has 0 amide bonds. The van der Waals surface area contributed by atoms with Crippen molar-refractivity contribution in [3.05, 3.63) is 10.4 Å². The lowest BCUT2D eigenvalue weighted by Crippen LogP contribution is -2.39. The highest BCUT2D eigenvalue weighted by Crippen LogP contribution is 1.87. The molecule has 0 aromatic heterocycles. The van der Waals surface area contributed by atoms with Gasteiger partial charge in [0.25, 0.3) is 0 Å². The van der Waals surface area contributed by atoms with E-state index in [4.69, 9.17) is 0 Å². The van der Waals surface area contributed by atoms with Gasteiger partial charge in [-0.3, -0.25) is 0 Å². The summed E-state index contributed by atoms with van der Waals surface area (Å²) in [7, 11) is 0. The zero-order valence-electron chi connectivity index (χ0n) is 4.97. The quantitative estimate of drug-likeness (QED) is 0.509. The van der Waals surface area contributed by atoms with Gasteiger partial charge in [0.05, 0.1) is 0 Å². The molecule has 8 heavy (non-hydrogen) atoms. The van der Waals surface area contributed by atoms with E-state index in [2.05, 4.69) is 0 Å². The predicted molar refractivity (Wildman–Crippen MR) is 31.9 cm³/mol. The lowest BCUT2D eigenvalue weighted by molar-refractivity contribution is 0.489. The SMILES string of the molecule is CC(N[O-])C(C)N[O-]. The highest BCUT2D eigenvalue weighted by atomic mass is 16.5. The molecular formula is C4H10N2O2-2. The van der Waals surface area contributed by atoms with E-state index in [0.29, 0.717) is 0 Å². The van der Waals surface area contributed by atoms with Gasteiger partial charge in [0.2, 0.25) is 0 Å². The summed E-state index contributed by atoms with van der Waals surface area (Å²) in [6.07, 6.45) is 0. The van der Waals surface area contributed by atoms with Crippen molar-refractivity contribution in [1.82, 2.24) is 11.0 Å². The third kappa shape index (κ3) is 2.23. The van der Waals surface area contributed by atoms with E-state index >= 15 is 0 Å². The van der Waals surface area contributed by atoms with Gasteiger partial charge in [-0.05, 0) is 13.8 Å². The van der Waals surface area contributed by atoms with Crippen molar-refractivity contribution >= 4 is 0 Å². The third-order valence-corrected chi connectivity index (χ3v) is 1.12. The van der Waals surface area contributed by atoms with Crippen LogP contribution in [0.15, 0.2) is 0 Å². The van der Waals surface area contributed by atoms with Crippen molar-refractivity contribution < 1.29 is 0 Å². The van der Waals surface area contributed by atoms with Gasteiger partial charge >= 0.3 is 0 Å². The Bertz CT molecular complexity index is 52.0. The lowest BCUT2D eigenvalue weighted by atomic mass is 10.2. The van der Waals surface area contributed by atoms with Gasteiger partial charge in [-0.2, -0.15) is 0 Å². The summed E-state index contributed by atoms with van der Waals surface area (Å²) in [5, 5.41) is 19.6. The molecule has 0 spiro atoms. The second kappa shape index (κ2) is 3.80. The standard InChI is InChI=1S/C4H10N2O2/c1-3(5-7)4(2)6-8/h3-6H,1-2H3/q-2. The summed E-state index contributed by atoms with van der Waals surface area (Å²) in [5.74, 6) is 0. The normalized spacial score (nSPS) is 18.0. The van der Waals surface area contributed by atoms with Gasteiger partial charge in [0, 0.05) is 12.1 Å². The Labute approximate surface area is 48.4 Å². The minimum Gasteiger partial charge on any atom is -0.788 e. The monoisotopic (exact) mass is 118 g/mol. The Kier molecular flexibility index (Phi) is 3.72. The summed E-state index contributed by atoms with van der Waals surface area (Å²) in [6, 6.07) is -0.625. The fourth-order valence-corrected chi connectivity index (χ4v) is 0.204. The van der Waals surface area contributed by atoms with Crippen molar-refractivity contribution in [3.63, 3.8) is 0 Å². The van der Waals surface area contributed by atoms with Crippen LogP contribution in [0.25, 0.3) is 0 Å². The van der Waals surface area contributed by atoms with Gasteiger partial charge in [-0.15, -0.1) is 0 Å². The molecule has 0 bridgehead atoms. The Morgan fingerprint density at radius 1 is 1.00 bits per heavy atom. The first kappa shape index (κ1) is 7.84. The largest absolute Gasteiger partial charge is 0.788 e. The summed E-state index contributed by atoms with van der Waals surface area (Å²) in [5.41, 5.74) is 3.41. The smallest absolute Gasteiger partial charge is 0.00653 e. The first-order valence-corrected chi connectivity index (χ1v) is 2.47. The van der Waals surface area contributed by atoms with Crippen LogP contribution in [0.1, 0.15) is 13.8 Å². The number of rotatable bonds is 3. The first-order valence-electron chi connectivity index (χ1n) is 2.47. The van der Waals surface area contributed by atoms with Crippen molar-refractivity contribution in [2.24, 2.45) is 0 Å². The van der Waals surface area contributed by atoms with Gasteiger partial charge in [-0.1, -0.05) is 0 Å². The van der Waals surface area contributed by atoms with Crippen molar-refractivity contribution in [1.29, 1.82) is 0 Å². The average molecular weight is 118 g/mol. The van der Waals surface area contributed by atoms with E-state index in [9.17, 15) is 10.4 Å². The molecule has 4 nitrogen and oxygen atoms in total. The second-order valence-electron chi connectivity index (χ2n) is 1.81. The molecule has 2 unspecified atom stereocenters. The molecule has 0 aromatic rings. The molecule has 0 radical (unpaired) electrons. The predicted octanol–water partition coefficient (Wildman–Crippen LogP) is -0.0618. The highest BCUT2D eigenvalue weighted by Gasteiger charge is 1.99. The molecule has 0 saturated heterocycles. The molecule has 0 aliphatic rings. The fourth-order valence-electron chi connectivity index (χ4n) is 0.204. The van der Waals surface area contributed by atoms with Gasteiger partial charge in [0.15, 0.2) is 0 Å². The molecule has 0 saturated carbocycles. The Hall–Kier alpha value is -0.160. The lowest BCUT2D eigenvalue weighted by Gasteiger charge is -2.27. The van der Waals surface area contributed by atoms with Crippen LogP contribution in [0.5, 0.6) is 0 Å². The molecule has 0 aromatic carbocycles. The number of hydrogen-bond donors (Lipinski definition) is 2. The molecule has 50 valence electrons. The zero-order valence-corrected chi connectivity index (χ0v) is 4.97. The molecule has 0 fully saturated rings. The van der Waals surface area contributed by atoms with Crippen LogP contribution in [0.2, 0.25) is 0 Å². The molecule has 2 atom stereocenters. The van der Waals surface area contributed by atoms with Crippen molar-refractivity contribution in [3.8, 4) is 0 Å². The summed E-state index contributed by atoms with van der Waals surface area (Å²) in [6.45, 7) is 3.28. The Morgan fingerprint density at radius 3 is 1.38 bits per heavy atom. The molecular weight excluding hydrogens is 108 g/mol. The highest BCUT2D eigenvalue weighted by molar-refractivity contribution is 4.73. The molecule has 0 rings (SSSR count). The van der Waals surface area contributed by atoms with Crippen LogP contribution in [0.3, 0.4) is 0 Å². The minimum absolute atomic E-state index is 0.313. The first-order chi connectivity index (χ1) is 3.72. The Morgan fingerprint density at radius 2 is 1.25 bits per heavy atom. The van der Waals surface area contributed by atoms with E-state index in [1.165, 1.54) is 0 Å². The molecule has 0 aliphatic carbocycles. The third-order valence-electron chi connectivity index (χ3n) is 1.12. The van der Waals surface area contributed by atoms with E-state index in [-0.39, 0.29) is 12.1 Å². The second-order valence-corrected chi connectivity index (χ2v) is 1.81. The van der Waals surface area contributed by atoms with Gasteiger partial charge in [-0.25, -0.2) is 0 Å². The van der Waals surface area contributed by atoms with Crippen LogP contribution >= 0.6 is 0 Å².